The van der Waals surface area contributed by atoms with E-state index in [0.29, 0.717) is 0 Å². The summed E-state index contributed by atoms with van der Waals surface area (Å²) in [7, 11) is 1.83. The van der Waals surface area contributed by atoms with E-state index >= 15 is 0 Å². The first kappa shape index (κ1) is 13.2. The minimum Gasteiger partial charge on any atom is -0.293 e. The molecule has 2 aromatic rings. The van der Waals surface area contributed by atoms with Crippen LogP contribution in [0, 0.1) is 0 Å². The van der Waals surface area contributed by atoms with Crippen LogP contribution < -0.4 is 0 Å². The standard InChI is InChI=1S/C17H18N2/c1-13(15-9-11-19-12-10-15)17(14(2)18-3)16-7-5-4-6-8-16/h4-12H,1-3H3/b17-13-,18-14?. The highest BCUT2D eigenvalue weighted by atomic mass is 14.7. The summed E-state index contributed by atoms with van der Waals surface area (Å²) in [6, 6.07) is 14.4. The van der Waals surface area contributed by atoms with Crippen molar-refractivity contribution in [2.45, 2.75) is 13.8 Å². The van der Waals surface area contributed by atoms with Crippen LogP contribution in [0.15, 0.2) is 59.9 Å². The first-order valence-corrected chi connectivity index (χ1v) is 6.34. The number of nitrogens with zero attached hydrogens (tertiary/aromatic N) is 2. The summed E-state index contributed by atoms with van der Waals surface area (Å²) in [6.45, 7) is 4.18. The smallest absolute Gasteiger partial charge is 0.0395 e. The van der Waals surface area contributed by atoms with Crippen molar-refractivity contribution in [1.82, 2.24) is 4.98 Å². The fraction of sp³-hybridized carbons (Fsp3) is 0.176. The predicted octanol–water partition coefficient (Wildman–Crippen LogP) is 4.10. The van der Waals surface area contributed by atoms with Gasteiger partial charge in [0, 0.05) is 30.7 Å². The third kappa shape index (κ3) is 2.97. The van der Waals surface area contributed by atoms with Crippen molar-refractivity contribution < 1.29 is 0 Å². The van der Waals surface area contributed by atoms with E-state index in [1.807, 2.05) is 44.6 Å². The molecule has 0 aliphatic heterocycles. The Kier molecular flexibility index (Phi) is 4.24. The zero-order valence-electron chi connectivity index (χ0n) is 11.6. The number of rotatable bonds is 3. The van der Waals surface area contributed by atoms with Crippen LogP contribution in [-0.2, 0) is 0 Å². The van der Waals surface area contributed by atoms with E-state index in [4.69, 9.17) is 0 Å². The Labute approximate surface area is 114 Å². The quantitative estimate of drug-likeness (QED) is 0.753. The third-order valence-electron chi connectivity index (χ3n) is 3.25. The minimum atomic E-state index is 1.04. The van der Waals surface area contributed by atoms with Gasteiger partial charge in [0.1, 0.15) is 0 Å². The molecule has 0 aliphatic carbocycles. The molecule has 0 amide bonds. The molecule has 2 heteroatoms. The third-order valence-corrected chi connectivity index (χ3v) is 3.25. The van der Waals surface area contributed by atoms with Gasteiger partial charge in [0.05, 0.1) is 0 Å². The highest BCUT2D eigenvalue weighted by Crippen LogP contribution is 2.26. The average Bonchev–Trinajstić information content (AvgIpc) is 2.49. The van der Waals surface area contributed by atoms with Crippen molar-refractivity contribution in [3.8, 4) is 0 Å². The molecule has 0 aliphatic rings. The van der Waals surface area contributed by atoms with Crippen molar-refractivity contribution in [3.05, 3.63) is 66.0 Å². The molecule has 0 N–H and O–H groups in total. The van der Waals surface area contributed by atoms with Crippen LogP contribution in [0.3, 0.4) is 0 Å². The lowest BCUT2D eigenvalue weighted by Crippen LogP contribution is -2.00. The number of hydrogen-bond donors (Lipinski definition) is 0. The molecule has 2 rings (SSSR count). The molecular weight excluding hydrogens is 232 g/mol. The van der Waals surface area contributed by atoms with Crippen LogP contribution >= 0.6 is 0 Å². The molecule has 0 saturated heterocycles. The summed E-state index contributed by atoms with van der Waals surface area (Å²) in [4.78, 5) is 8.43. The summed E-state index contributed by atoms with van der Waals surface area (Å²) in [5, 5.41) is 0. The second kappa shape index (κ2) is 6.10. The lowest BCUT2D eigenvalue weighted by Gasteiger charge is -2.13. The van der Waals surface area contributed by atoms with Gasteiger partial charge in [-0.15, -0.1) is 0 Å². The zero-order valence-corrected chi connectivity index (χ0v) is 11.6. The monoisotopic (exact) mass is 250 g/mol. The van der Waals surface area contributed by atoms with Crippen molar-refractivity contribution in [2.75, 3.05) is 7.05 Å². The highest BCUT2D eigenvalue weighted by Gasteiger charge is 2.10. The van der Waals surface area contributed by atoms with E-state index in [2.05, 4.69) is 41.2 Å². The molecule has 0 atom stereocenters. The fourth-order valence-corrected chi connectivity index (χ4v) is 2.16. The first-order chi connectivity index (χ1) is 9.24. The molecule has 0 bridgehead atoms. The Hall–Kier alpha value is -2.22. The summed E-state index contributed by atoms with van der Waals surface area (Å²) >= 11 is 0. The molecule has 96 valence electrons. The Morgan fingerprint density at radius 3 is 2.11 bits per heavy atom. The van der Waals surface area contributed by atoms with Gasteiger partial charge in [0.15, 0.2) is 0 Å². The Morgan fingerprint density at radius 2 is 1.53 bits per heavy atom. The Bertz CT molecular complexity index is 596. The number of aromatic nitrogens is 1. The first-order valence-electron chi connectivity index (χ1n) is 6.34. The Balaban J connectivity index is 2.62. The van der Waals surface area contributed by atoms with Crippen LogP contribution in [0.5, 0.6) is 0 Å². The number of hydrogen-bond acceptors (Lipinski definition) is 2. The van der Waals surface area contributed by atoms with Crippen LogP contribution in [-0.4, -0.2) is 17.7 Å². The van der Waals surface area contributed by atoms with E-state index in [1.54, 1.807) is 0 Å². The molecule has 0 saturated carbocycles. The minimum absolute atomic E-state index is 1.04. The molecule has 2 nitrogen and oxygen atoms in total. The lowest BCUT2D eigenvalue weighted by atomic mass is 9.93. The lowest BCUT2D eigenvalue weighted by molar-refractivity contribution is 1.31. The zero-order chi connectivity index (χ0) is 13.7. The maximum atomic E-state index is 4.35. The van der Waals surface area contributed by atoms with Gasteiger partial charge < -0.3 is 0 Å². The SMILES string of the molecule is CN=C(C)/C(=C(\C)c1ccncc1)c1ccccc1. The van der Waals surface area contributed by atoms with Gasteiger partial charge in [-0.2, -0.15) is 0 Å². The molecule has 0 fully saturated rings. The largest absolute Gasteiger partial charge is 0.293 e. The summed E-state index contributed by atoms with van der Waals surface area (Å²) in [5.41, 5.74) is 5.82. The number of benzene rings is 1. The molecule has 1 aromatic carbocycles. The van der Waals surface area contributed by atoms with Gasteiger partial charge in [-0.3, -0.25) is 9.98 Å². The van der Waals surface area contributed by atoms with Crippen molar-refractivity contribution >= 4 is 16.9 Å². The van der Waals surface area contributed by atoms with Gasteiger partial charge in [0.2, 0.25) is 0 Å². The fourth-order valence-electron chi connectivity index (χ4n) is 2.16. The number of aliphatic imine (C=N–C) groups is 1. The van der Waals surface area contributed by atoms with Crippen molar-refractivity contribution in [3.63, 3.8) is 0 Å². The summed E-state index contributed by atoms with van der Waals surface area (Å²) in [5.74, 6) is 0. The molecule has 1 aromatic heterocycles. The van der Waals surface area contributed by atoms with E-state index in [-0.39, 0.29) is 0 Å². The number of allylic oxidation sites excluding steroid dienone is 2. The van der Waals surface area contributed by atoms with Gasteiger partial charge in [-0.1, -0.05) is 30.3 Å². The van der Waals surface area contributed by atoms with E-state index in [0.717, 1.165) is 5.71 Å². The second-order valence-electron chi connectivity index (χ2n) is 4.41. The van der Waals surface area contributed by atoms with Crippen LogP contribution in [0.25, 0.3) is 11.1 Å². The molecule has 0 radical (unpaired) electrons. The highest BCUT2D eigenvalue weighted by molar-refractivity contribution is 6.29. The van der Waals surface area contributed by atoms with Crippen LogP contribution in [0.1, 0.15) is 25.0 Å². The molecule has 1 heterocycles. The average molecular weight is 250 g/mol. The van der Waals surface area contributed by atoms with Gasteiger partial charge >= 0.3 is 0 Å². The molecular formula is C17H18N2. The normalized spacial score (nSPS) is 13.1. The van der Waals surface area contributed by atoms with Crippen molar-refractivity contribution in [1.29, 1.82) is 0 Å². The van der Waals surface area contributed by atoms with E-state index in [1.165, 1.54) is 22.3 Å². The van der Waals surface area contributed by atoms with Gasteiger partial charge in [-0.05, 0) is 42.7 Å². The number of pyridine rings is 1. The molecule has 0 unspecified atom stereocenters. The predicted molar refractivity (Wildman–Crippen MR) is 82.2 cm³/mol. The van der Waals surface area contributed by atoms with Crippen molar-refractivity contribution in [2.24, 2.45) is 4.99 Å². The summed E-state index contributed by atoms with van der Waals surface area (Å²) in [6.07, 6.45) is 3.64. The molecule has 0 spiro atoms. The Morgan fingerprint density at radius 1 is 0.895 bits per heavy atom. The maximum Gasteiger partial charge on any atom is 0.0395 e. The van der Waals surface area contributed by atoms with Crippen LogP contribution in [0.2, 0.25) is 0 Å². The van der Waals surface area contributed by atoms with Crippen LogP contribution in [0.4, 0.5) is 0 Å². The van der Waals surface area contributed by atoms with Gasteiger partial charge in [-0.25, -0.2) is 0 Å². The maximum absolute atomic E-state index is 4.35. The van der Waals surface area contributed by atoms with Gasteiger partial charge in [0.25, 0.3) is 0 Å². The second-order valence-corrected chi connectivity index (χ2v) is 4.41. The topological polar surface area (TPSA) is 25.2 Å². The van der Waals surface area contributed by atoms with E-state index < -0.39 is 0 Å². The molecule has 19 heavy (non-hydrogen) atoms. The van der Waals surface area contributed by atoms with E-state index in [9.17, 15) is 0 Å². The summed E-state index contributed by atoms with van der Waals surface area (Å²) < 4.78 is 0.